The van der Waals surface area contributed by atoms with Crippen molar-refractivity contribution in [3.8, 4) is 0 Å². The summed E-state index contributed by atoms with van der Waals surface area (Å²) in [4.78, 5) is 2.08. The van der Waals surface area contributed by atoms with Crippen molar-refractivity contribution in [2.24, 2.45) is 0 Å². The molecular weight excluding hydrogens is 190 g/mol. The smallest absolute Gasteiger partial charge is 0.246 e. The first-order valence-corrected chi connectivity index (χ1v) is 5.17. The normalized spacial score (nSPS) is 13.0. The minimum absolute atomic E-state index is 0.0116. The number of rotatable bonds is 1. The molecule has 5 heteroatoms. The molecule has 0 radical (unpaired) electrons. The summed E-state index contributed by atoms with van der Waals surface area (Å²) in [5.74, 6) is 0.801. The maximum absolute atomic E-state index is 4.08. The van der Waals surface area contributed by atoms with Crippen molar-refractivity contribution in [2.45, 2.75) is 52.6 Å². The Hall–Kier alpha value is -1.13. The number of aromatic nitrogens is 4. The topological polar surface area (TPSA) is 46.8 Å². The summed E-state index contributed by atoms with van der Waals surface area (Å²) in [6, 6.07) is 0. The van der Waals surface area contributed by atoms with Crippen molar-refractivity contribution in [2.75, 3.05) is 11.9 Å². The van der Waals surface area contributed by atoms with Crippen LogP contribution in [0.2, 0.25) is 0 Å². The van der Waals surface area contributed by atoms with Gasteiger partial charge in [0.2, 0.25) is 5.95 Å². The van der Waals surface area contributed by atoms with Gasteiger partial charge in [0.05, 0.1) is 5.54 Å². The fourth-order valence-electron chi connectivity index (χ4n) is 1.13. The van der Waals surface area contributed by atoms with Crippen molar-refractivity contribution in [3.05, 3.63) is 0 Å². The Morgan fingerprint density at radius 3 is 2.00 bits per heavy atom. The Morgan fingerprint density at radius 2 is 1.60 bits per heavy atom. The van der Waals surface area contributed by atoms with E-state index < -0.39 is 0 Å². The Bertz CT molecular complexity index is 328. The molecule has 1 aromatic rings. The first kappa shape index (κ1) is 11.9. The molecule has 0 aliphatic carbocycles. The highest BCUT2D eigenvalue weighted by atomic mass is 15.6. The number of tetrazole rings is 1. The van der Waals surface area contributed by atoms with E-state index in [2.05, 4.69) is 62.0 Å². The SMILES string of the molecule is CN(c1nnnn1C(C)(C)C)C(C)(C)C. The minimum Gasteiger partial charge on any atom is -0.338 e. The monoisotopic (exact) mass is 211 g/mol. The minimum atomic E-state index is -0.0989. The average Bonchev–Trinajstić information content (AvgIpc) is 2.47. The number of anilines is 1. The molecule has 86 valence electrons. The summed E-state index contributed by atoms with van der Waals surface area (Å²) < 4.78 is 1.85. The van der Waals surface area contributed by atoms with Crippen molar-refractivity contribution < 1.29 is 0 Å². The van der Waals surface area contributed by atoms with Gasteiger partial charge in [-0.05, 0) is 52.0 Å². The molecule has 0 N–H and O–H groups in total. The molecule has 0 aliphatic rings. The van der Waals surface area contributed by atoms with Crippen LogP contribution in [0.25, 0.3) is 0 Å². The van der Waals surface area contributed by atoms with Gasteiger partial charge in [-0.3, -0.25) is 0 Å². The van der Waals surface area contributed by atoms with E-state index in [0.717, 1.165) is 5.95 Å². The van der Waals surface area contributed by atoms with Crippen LogP contribution in [0.1, 0.15) is 41.5 Å². The standard InChI is InChI=1S/C10H21N5/c1-9(2,3)14(7)8-11-12-13-15(8)10(4,5)6/h1-7H3. The molecule has 1 rings (SSSR count). The second kappa shape index (κ2) is 3.47. The number of nitrogens with zero attached hydrogens (tertiary/aromatic N) is 5. The molecule has 0 saturated carbocycles. The third-order valence-corrected chi connectivity index (χ3v) is 2.39. The lowest BCUT2D eigenvalue weighted by Gasteiger charge is -2.34. The Balaban J connectivity index is 3.12. The average molecular weight is 211 g/mol. The quantitative estimate of drug-likeness (QED) is 0.709. The second-order valence-electron chi connectivity index (χ2n) is 5.79. The molecule has 1 heterocycles. The van der Waals surface area contributed by atoms with Crippen molar-refractivity contribution in [1.82, 2.24) is 20.2 Å². The van der Waals surface area contributed by atoms with Crippen LogP contribution in [0.5, 0.6) is 0 Å². The molecule has 0 fully saturated rings. The molecule has 5 nitrogen and oxygen atoms in total. The van der Waals surface area contributed by atoms with E-state index in [0.29, 0.717) is 0 Å². The van der Waals surface area contributed by atoms with Crippen LogP contribution in [0.15, 0.2) is 0 Å². The first-order valence-electron chi connectivity index (χ1n) is 5.17. The molecule has 1 aromatic heterocycles. The van der Waals surface area contributed by atoms with Crippen LogP contribution < -0.4 is 4.90 Å². The highest BCUT2D eigenvalue weighted by Crippen LogP contribution is 2.23. The van der Waals surface area contributed by atoms with Crippen LogP contribution in [0, 0.1) is 0 Å². The Labute approximate surface area is 91.5 Å². The van der Waals surface area contributed by atoms with Crippen LogP contribution in [-0.4, -0.2) is 32.8 Å². The molecular formula is C10H21N5. The summed E-state index contributed by atoms with van der Waals surface area (Å²) >= 11 is 0. The molecule has 0 bridgehead atoms. The van der Waals surface area contributed by atoms with Gasteiger partial charge >= 0.3 is 0 Å². The fraction of sp³-hybridized carbons (Fsp3) is 0.900. The van der Waals surface area contributed by atoms with Gasteiger partial charge in [0.1, 0.15) is 0 Å². The van der Waals surface area contributed by atoms with Gasteiger partial charge in [-0.2, -0.15) is 0 Å². The molecule has 0 atom stereocenters. The Morgan fingerprint density at radius 1 is 1.07 bits per heavy atom. The lowest BCUT2D eigenvalue weighted by Crippen LogP contribution is -2.41. The maximum Gasteiger partial charge on any atom is 0.246 e. The molecule has 15 heavy (non-hydrogen) atoms. The van der Waals surface area contributed by atoms with Crippen LogP contribution >= 0.6 is 0 Å². The summed E-state index contributed by atoms with van der Waals surface area (Å²) in [6.45, 7) is 12.7. The maximum atomic E-state index is 4.08. The van der Waals surface area contributed by atoms with E-state index in [4.69, 9.17) is 0 Å². The van der Waals surface area contributed by atoms with Gasteiger partial charge in [0.25, 0.3) is 0 Å². The lowest BCUT2D eigenvalue weighted by molar-refractivity contribution is 0.342. The molecule has 0 unspecified atom stereocenters. The van der Waals surface area contributed by atoms with Gasteiger partial charge in [-0.25, -0.2) is 4.68 Å². The zero-order valence-corrected chi connectivity index (χ0v) is 10.7. The zero-order chi connectivity index (χ0) is 11.9. The summed E-state index contributed by atoms with van der Waals surface area (Å²) in [5, 5.41) is 11.9. The van der Waals surface area contributed by atoms with E-state index in [1.807, 2.05) is 11.7 Å². The summed E-state index contributed by atoms with van der Waals surface area (Å²) in [7, 11) is 2.01. The van der Waals surface area contributed by atoms with E-state index >= 15 is 0 Å². The highest BCUT2D eigenvalue weighted by Gasteiger charge is 2.27. The number of hydrogen-bond acceptors (Lipinski definition) is 4. The van der Waals surface area contributed by atoms with Crippen LogP contribution in [-0.2, 0) is 5.54 Å². The molecule has 0 aromatic carbocycles. The summed E-state index contributed by atoms with van der Waals surface area (Å²) in [5.41, 5.74) is -0.0872. The lowest BCUT2D eigenvalue weighted by atomic mass is 10.1. The largest absolute Gasteiger partial charge is 0.338 e. The van der Waals surface area contributed by atoms with Crippen LogP contribution in [0.3, 0.4) is 0 Å². The van der Waals surface area contributed by atoms with Crippen molar-refractivity contribution in [1.29, 1.82) is 0 Å². The molecule has 0 spiro atoms. The van der Waals surface area contributed by atoms with Gasteiger partial charge in [0, 0.05) is 12.6 Å². The van der Waals surface area contributed by atoms with Crippen LogP contribution in [0.4, 0.5) is 5.95 Å². The zero-order valence-electron chi connectivity index (χ0n) is 10.7. The summed E-state index contributed by atoms with van der Waals surface area (Å²) in [6.07, 6.45) is 0. The van der Waals surface area contributed by atoms with Gasteiger partial charge in [-0.1, -0.05) is 5.10 Å². The Kier molecular flexibility index (Phi) is 2.76. The first-order chi connectivity index (χ1) is 6.64. The van der Waals surface area contributed by atoms with Crippen molar-refractivity contribution in [3.63, 3.8) is 0 Å². The molecule has 0 amide bonds. The van der Waals surface area contributed by atoms with E-state index in [9.17, 15) is 0 Å². The van der Waals surface area contributed by atoms with Gasteiger partial charge < -0.3 is 4.90 Å². The molecule has 0 saturated heterocycles. The van der Waals surface area contributed by atoms with Crippen molar-refractivity contribution >= 4 is 5.95 Å². The highest BCUT2D eigenvalue weighted by molar-refractivity contribution is 5.31. The third-order valence-electron chi connectivity index (χ3n) is 2.39. The number of hydrogen-bond donors (Lipinski definition) is 0. The van der Waals surface area contributed by atoms with Gasteiger partial charge in [0.15, 0.2) is 0 Å². The second-order valence-corrected chi connectivity index (χ2v) is 5.79. The fourth-order valence-corrected chi connectivity index (χ4v) is 1.13. The third kappa shape index (κ3) is 2.46. The predicted octanol–water partition coefficient (Wildman–Crippen LogP) is 1.66. The van der Waals surface area contributed by atoms with Gasteiger partial charge in [-0.15, -0.1) is 0 Å². The predicted molar refractivity (Wildman–Crippen MR) is 61.0 cm³/mol. The van der Waals surface area contributed by atoms with E-state index in [1.54, 1.807) is 0 Å². The van der Waals surface area contributed by atoms with E-state index in [1.165, 1.54) is 0 Å². The molecule has 0 aliphatic heterocycles. The van der Waals surface area contributed by atoms with E-state index in [-0.39, 0.29) is 11.1 Å².